The molecule has 0 aliphatic rings. The lowest BCUT2D eigenvalue weighted by atomic mass is 10.1. The highest BCUT2D eigenvalue weighted by Crippen LogP contribution is 2.31. The molecule has 1 aromatic carbocycles. The van der Waals surface area contributed by atoms with E-state index < -0.39 is 23.4 Å². The lowest BCUT2D eigenvalue weighted by Gasteiger charge is -2.10. The van der Waals surface area contributed by atoms with Gasteiger partial charge in [-0.25, -0.2) is 10.2 Å². The summed E-state index contributed by atoms with van der Waals surface area (Å²) in [6.07, 6.45) is -4.78. The molecule has 8 heteroatoms. The van der Waals surface area contributed by atoms with Gasteiger partial charge in [-0.3, -0.25) is 5.41 Å². The second-order valence-electron chi connectivity index (χ2n) is 2.71. The van der Waals surface area contributed by atoms with E-state index in [1.54, 1.807) is 0 Å². The molecule has 0 heterocycles. The number of hydrogen-bond acceptors (Lipinski definition) is 2. The molecule has 0 aliphatic heterocycles. The Hall–Kier alpha value is -1.34. The maximum absolute atomic E-state index is 12.8. The number of halogens is 5. The number of alkyl halides is 3. The van der Waals surface area contributed by atoms with E-state index in [0.717, 1.165) is 6.07 Å². The first kappa shape index (κ1) is 14.7. The van der Waals surface area contributed by atoms with Gasteiger partial charge < -0.3 is 5.43 Å². The Balaban J connectivity index is 0.00000225. The zero-order valence-electron chi connectivity index (χ0n) is 7.73. The molecule has 0 saturated carbocycles. The first-order valence-electron chi connectivity index (χ1n) is 3.78. The van der Waals surface area contributed by atoms with E-state index in [9.17, 15) is 17.6 Å². The molecule has 0 spiro atoms. The topological polar surface area (TPSA) is 61.9 Å². The molecule has 0 bridgehead atoms. The monoisotopic (exact) mass is 257 g/mol. The van der Waals surface area contributed by atoms with E-state index in [-0.39, 0.29) is 18.0 Å². The van der Waals surface area contributed by atoms with Crippen LogP contribution in [-0.4, -0.2) is 5.84 Å². The summed E-state index contributed by atoms with van der Waals surface area (Å²) < 4.78 is 49.5. The molecule has 4 N–H and O–H groups in total. The average Bonchev–Trinajstić information content (AvgIpc) is 2.15. The van der Waals surface area contributed by atoms with Crippen molar-refractivity contribution in [2.75, 3.05) is 0 Å². The highest BCUT2D eigenvalue weighted by atomic mass is 35.5. The quantitative estimate of drug-likeness (QED) is 0.237. The molecule has 3 nitrogen and oxygen atoms in total. The van der Waals surface area contributed by atoms with Crippen LogP contribution in [0.25, 0.3) is 0 Å². The standard InChI is InChI=1S/C8H7F4N3.ClH/c9-6-2-1-4(7(13)15-14)3-5(6)8(10,11)12;/h1-3H,14H2,(H2,13,15);1H. The van der Waals surface area contributed by atoms with Crippen LogP contribution in [0.15, 0.2) is 18.2 Å². The molecule has 0 amide bonds. The Labute approximate surface area is 94.5 Å². The van der Waals surface area contributed by atoms with Crippen molar-refractivity contribution in [1.82, 2.24) is 5.43 Å². The van der Waals surface area contributed by atoms with Crippen LogP contribution in [0.5, 0.6) is 0 Å². The minimum Gasteiger partial charge on any atom is -0.308 e. The zero-order chi connectivity index (χ0) is 11.6. The van der Waals surface area contributed by atoms with E-state index in [1.807, 2.05) is 5.43 Å². The third-order valence-corrected chi connectivity index (χ3v) is 1.70. The van der Waals surface area contributed by atoms with Crippen LogP contribution in [0.1, 0.15) is 11.1 Å². The average molecular weight is 258 g/mol. The van der Waals surface area contributed by atoms with Crippen molar-refractivity contribution in [2.24, 2.45) is 5.84 Å². The van der Waals surface area contributed by atoms with Gasteiger partial charge in [0.25, 0.3) is 0 Å². The first-order valence-corrected chi connectivity index (χ1v) is 3.78. The molecule has 90 valence electrons. The van der Waals surface area contributed by atoms with Crippen molar-refractivity contribution in [1.29, 1.82) is 5.41 Å². The fourth-order valence-electron chi connectivity index (χ4n) is 0.981. The molecule has 0 atom stereocenters. The van der Waals surface area contributed by atoms with Crippen LogP contribution in [0.3, 0.4) is 0 Å². The SMILES string of the molecule is Cl.N=C(NN)c1ccc(F)c(C(F)(F)F)c1. The Bertz CT molecular complexity index is 391. The predicted octanol–water partition coefficient (Wildman–Crippen LogP) is 2.05. The van der Waals surface area contributed by atoms with Crippen LogP contribution in [0.4, 0.5) is 17.6 Å². The van der Waals surface area contributed by atoms with E-state index in [0.29, 0.717) is 12.1 Å². The lowest BCUT2D eigenvalue weighted by Crippen LogP contribution is -2.30. The Kier molecular flexibility index (Phi) is 4.70. The van der Waals surface area contributed by atoms with E-state index >= 15 is 0 Å². The number of benzene rings is 1. The summed E-state index contributed by atoms with van der Waals surface area (Å²) in [4.78, 5) is 0. The van der Waals surface area contributed by atoms with Crippen molar-refractivity contribution in [3.63, 3.8) is 0 Å². The van der Waals surface area contributed by atoms with Gasteiger partial charge in [-0.2, -0.15) is 13.2 Å². The Morgan fingerprint density at radius 1 is 1.31 bits per heavy atom. The second kappa shape index (κ2) is 5.13. The Morgan fingerprint density at radius 2 is 1.88 bits per heavy atom. The highest BCUT2D eigenvalue weighted by molar-refractivity contribution is 5.96. The van der Waals surface area contributed by atoms with Crippen molar-refractivity contribution >= 4 is 18.2 Å². The van der Waals surface area contributed by atoms with Crippen LogP contribution in [0, 0.1) is 11.2 Å². The van der Waals surface area contributed by atoms with Gasteiger partial charge in [-0.1, -0.05) is 0 Å². The van der Waals surface area contributed by atoms with Crippen molar-refractivity contribution in [3.05, 3.63) is 35.1 Å². The molecule has 0 fully saturated rings. The van der Waals surface area contributed by atoms with E-state index in [1.165, 1.54) is 0 Å². The van der Waals surface area contributed by atoms with Gasteiger partial charge in [0.15, 0.2) is 0 Å². The van der Waals surface area contributed by atoms with Crippen LogP contribution in [-0.2, 0) is 6.18 Å². The van der Waals surface area contributed by atoms with E-state index in [2.05, 4.69) is 0 Å². The Morgan fingerprint density at radius 3 is 2.31 bits per heavy atom. The van der Waals surface area contributed by atoms with Crippen LogP contribution < -0.4 is 11.3 Å². The molecule has 0 radical (unpaired) electrons. The summed E-state index contributed by atoms with van der Waals surface area (Å²) in [5.74, 6) is 3.06. The molecular formula is C8H8ClF4N3. The fraction of sp³-hybridized carbons (Fsp3) is 0.125. The van der Waals surface area contributed by atoms with Gasteiger partial charge in [-0.15, -0.1) is 12.4 Å². The second-order valence-corrected chi connectivity index (χ2v) is 2.71. The molecule has 1 aromatic rings. The molecule has 1 rings (SSSR count). The third-order valence-electron chi connectivity index (χ3n) is 1.70. The first-order chi connectivity index (χ1) is 6.86. The number of hydrazine groups is 1. The smallest absolute Gasteiger partial charge is 0.308 e. The zero-order valence-corrected chi connectivity index (χ0v) is 8.55. The summed E-state index contributed by atoms with van der Waals surface area (Å²) in [6.45, 7) is 0. The highest BCUT2D eigenvalue weighted by Gasteiger charge is 2.34. The van der Waals surface area contributed by atoms with Gasteiger partial charge in [0.2, 0.25) is 0 Å². The number of nitrogens with one attached hydrogen (secondary N) is 2. The molecule has 0 aliphatic carbocycles. The minimum absolute atomic E-state index is 0. The van der Waals surface area contributed by atoms with Crippen molar-refractivity contribution < 1.29 is 17.6 Å². The summed E-state index contributed by atoms with van der Waals surface area (Å²) in [7, 11) is 0. The molecule has 0 saturated heterocycles. The van der Waals surface area contributed by atoms with Gasteiger partial charge in [0, 0.05) is 5.56 Å². The maximum Gasteiger partial charge on any atom is 0.419 e. The van der Waals surface area contributed by atoms with Gasteiger partial charge in [-0.05, 0) is 18.2 Å². The molecule has 0 aromatic heterocycles. The molecule has 0 unspecified atom stereocenters. The maximum atomic E-state index is 12.8. The predicted molar refractivity (Wildman–Crippen MR) is 52.8 cm³/mol. The minimum atomic E-state index is -4.78. The summed E-state index contributed by atoms with van der Waals surface area (Å²) in [5.41, 5.74) is 0.323. The summed E-state index contributed by atoms with van der Waals surface area (Å²) >= 11 is 0. The van der Waals surface area contributed by atoms with E-state index in [4.69, 9.17) is 11.3 Å². The van der Waals surface area contributed by atoms with Crippen LogP contribution in [0.2, 0.25) is 0 Å². The number of rotatable bonds is 1. The van der Waals surface area contributed by atoms with Crippen LogP contribution >= 0.6 is 12.4 Å². The third kappa shape index (κ3) is 3.07. The van der Waals surface area contributed by atoms with Gasteiger partial charge in [0.1, 0.15) is 11.7 Å². The largest absolute Gasteiger partial charge is 0.419 e. The van der Waals surface area contributed by atoms with Crippen molar-refractivity contribution in [3.8, 4) is 0 Å². The number of hydrogen-bond donors (Lipinski definition) is 3. The number of nitrogens with two attached hydrogens (primary N) is 1. The molecule has 16 heavy (non-hydrogen) atoms. The fourth-order valence-corrected chi connectivity index (χ4v) is 0.981. The van der Waals surface area contributed by atoms with Gasteiger partial charge >= 0.3 is 6.18 Å². The molecular weight excluding hydrogens is 250 g/mol. The van der Waals surface area contributed by atoms with Gasteiger partial charge in [0.05, 0.1) is 5.56 Å². The lowest BCUT2D eigenvalue weighted by molar-refractivity contribution is -0.140. The number of amidine groups is 1. The normalized spacial score (nSPS) is 10.6. The summed E-state index contributed by atoms with van der Waals surface area (Å²) in [6, 6.07) is 2.20. The van der Waals surface area contributed by atoms with Crippen molar-refractivity contribution in [2.45, 2.75) is 6.18 Å². The summed E-state index contributed by atoms with van der Waals surface area (Å²) in [5, 5.41) is 7.12.